The van der Waals surface area contributed by atoms with Gasteiger partial charge in [-0.25, -0.2) is 19.9 Å². The van der Waals surface area contributed by atoms with Crippen LogP contribution < -0.4 is 4.90 Å². The van der Waals surface area contributed by atoms with Gasteiger partial charge in [0.25, 0.3) is 0 Å². The summed E-state index contributed by atoms with van der Waals surface area (Å²) in [6, 6.07) is 4.27. The number of aryl methyl sites for hydroxylation is 3. The van der Waals surface area contributed by atoms with Gasteiger partial charge in [0.05, 0.1) is 6.04 Å². The zero-order valence-corrected chi connectivity index (χ0v) is 12.2. The molecule has 1 aliphatic heterocycles. The molecule has 1 atom stereocenters. The van der Waals surface area contributed by atoms with Crippen molar-refractivity contribution in [2.75, 3.05) is 11.4 Å². The molecule has 5 heteroatoms. The van der Waals surface area contributed by atoms with Crippen molar-refractivity contribution >= 4 is 5.82 Å². The number of rotatable bonds is 2. The van der Waals surface area contributed by atoms with E-state index in [1.807, 2.05) is 32.9 Å². The third-order valence-corrected chi connectivity index (χ3v) is 3.63. The molecular formula is C15H19N5. The molecule has 0 spiro atoms. The molecule has 20 heavy (non-hydrogen) atoms. The zero-order valence-electron chi connectivity index (χ0n) is 12.2. The van der Waals surface area contributed by atoms with E-state index in [1.165, 1.54) is 0 Å². The molecule has 0 saturated carbocycles. The number of nitrogens with zero attached hydrogens (tertiary/aromatic N) is 5. The highest BCUT2D eigenvalue weighted by Gasteiger charge is 2.29. The van der Waals surface area contributed by atoms with Crippen LogP contribution in [0, 0.1) is 20.8 Å². The minimum Gasteiger partial charge on any atom is -0.346 e. The Hall–Kier alpha value is -2.04. The Labute approximate surface area is 119 Å². The SMILES string of the molecule is Cc1cc(N2CCC[C@H]2c2nc(C)cc(C)n2)ncn1. The van der Waals surface area contributed by atoms with E-state index in [-0.39, 0.29) is 6.04 Å². The maximum absolute atomic E-state index is 4.62. The van der Waals surface area contributed by atoms with Crippen LogP contribution in [0.1, 0.15) is 41.8 Å². The summed E-state index contributed by atoms with van der Waals surface area (Å²) >= 11 is 0. The molecule has 1 aliphatic rings. The van der Waals surface area contributed by atoms with E-state index < -0.39 is 0 Å². The predicted molar refractivity (Wildman–Crippen MR) is 77.6 cm³/mol. The van der Waals surface area contributed by atoms with Gasteiger partial charge in [0.2, 0.25) is 0 Å². The van der Waals surface area contributed by atoms with Crippen molar-refractivity contribution < 1.29 is 0 Å². The highest BCUT2D eigenvalue weighted by atomic mass is 15.3. The molecule has 3 rings (SSSR count). The lowest BCUT2D eigenvalue weighted by molar-refractivity contribution is 0.652. The molecule has 0 radical (unpaired) electrons. The summed E-state index contributed by atoms with van der Waals surface area (Å²) in [5, 5.41) is 0. The van der Waals surface area contributed by atoms with Crippen molar-refractivity contribution in [1.82, 2.24) is 19.9 Å². The lowest BCUT2D eigenvalue weighted by atomic mass is 10.2. The van der Waals surface area contributed by atoms with Crippen LogP contribution in [-0.2, 0) is 0 Å². The Bertz CT molecular complexity index is 605. The first-order valence-corrected chi connectivity index (χ1v) is 7.01. The summed E-state index contributed by atoms with van der Waals surface area (Å²) < 4.78 is 0. The van der Waals surface area contributed by atoms with Gasteiger partial charge in [-0.15, -0.1) is 0 Å². The van der Waals surface area contributed by atoms with Gasteiger partial charge in [-0.05, 0) is 39.7 Å². The van der Waals surface area contributed by atoms with Gasteiger partial charge in [0, 0.05) is 29.7 Å². The van der Waals surface area contributed by atoms with Crippen molar-refractivity contribution in [3.8, 4) is 0 Å². The van der Waals surface area contributed by atoms with Crippen LogP contribution in [0.15, 0.2) is 18.5 Å². The second-order valence-corrected chi connectivity index (χ2v) is 5.38. The first-order chi connectivity index (χ1) is 9.63. The van der Waals surface area contributed by atoms with E-state index >= 15 is 0 Å². The third-order valence-electron chi connectivity index (χ3n) is 3.63. The lowest BCUT2D eigenvalue weighted by Gasteiger charge is -2.25. The fourth-order valence-corrected chi connectivity index (χ4v) is 2.81. The Kier molecular flexibility index (Phi) is 3.34. The van der Waals surface area contributed by atoms with Crippen LogP contribution in [0.5, 0.6) is 0 Å². The molecule has 1 saturated heterocycles. The molecule has 2 aromatic heterocycles. The number of hydrogen-bond acceptors (Lipinski definition) is 5. The van der Waals surface area contributed by atoms with Crippen molar-refractivity contribution in [2.45, 2.75) is 39.7 Å². The minimum atomic E-state index is 0.225. The molecule has 0 aromatic carbocycles. The van der Waals surface area contributed by atoms with Gasteiger partial charge in [0.1, 0.15) is 12.1 Å². The molecule has 0 N–H and O–H groups in total. The molecule has 0 unspecified atom stereocenters. The summed E-state index contributed by atoms with van der Waals surface area (Å²) in [5.41, 5.74) is 3.04. The Morgan fingerprint density at radius 1 is 1.00 bits per heavy atom. The average molecular weight is 269 g/mol. The summed E-state index contributed by atoms with van der Waals surface area (Å²) in [6.07, 6.45) is 3.85. The Morgan fingerprint density at radius 2 is 1.75 bits per heavy atom. The van der Waals surface area contributed by atoms with E-state index in [0.29, 0.717) is 0 Å². The maximum Gasteiger partial charge on any atom is 0.151 e. The van der Waals surface area contributed by atoms with E-state index in [0.717, 1.165) is 48.1 Å². The first kappa shape index (κ1) is 13.0. The molecule has 5 nitrogen and oxygen atoms in total. The van der Waals surface area contributed by atoms with Gasteiger partial charge >= 0.3 is 0 Å². The van der Waals surface area contributed by atoms with E-state index in [9.17, 15) is 0 Å². The molecule has 0 amide bonds. The predicted octanol–water partition coefficient (Wildman–Crippen LogP) is 2.53. The van der Waals surface area contributed by atoms with Crippen molar-refractivity contribution in [3.63, 3.8) is 0 Å². The molecule has 0 aliphatic carbocycles. The van der Waals surface area contributed by atoms with Gasteiger partial charge < -0.3 is 4.90 Å². The van der Waals surface area contributed by atoms with Crippen LogP contribution in [0.2, 0.25) is 0 Å². The van der Waals surface area contributed by atoms with Gasteiger partial charge in [0.15, 0.2) is 5.82 Å². The smallest absolute Gasteiger partial charge is 0.151 e. The van der Waals surface area contributed by atoms with Crippen molar-refractivity contribution in [2.24, 2.45) is 0 Å². The topological polar surface area (TPSA) is 54.8 Å². The van der Waals surface area contributed by atoms with E-state index in [2.05, 4.69) is 24.8 Å². The summed E-state index contributed by atoms with van der Waals surface area (Å²) in [5.74, 6) is 1.89. The van der Waals surface area contributed by atoms with Crippen LogP contribution in [-0.4, -0.2) is 26.5 Å². The van der Waals surface area contributed by atoms with Crippen LogP contribution in [0.4, 0.5) is 5.82 Å². The second kappa shape index (κ2) is 5.15. The minimum absolute atomic E-state index is 0.225. The molecule has 3 heterocycles. The van der Waals surface area contributed by atoms with Crippen molar-refractivity contribution in [3.05, 3.63) is 41.4 Å². The lowest BCUT2D eigenvalue weighted by Crippen LogP contribution is -2.25. The number of hydrogen-bond donors (Lipinski definition) is 0. The summed E-state index contributed by atoms with van der Waals surface area (Å²) in [6.45, 7) is 7.03. The third kappa shape index (κ3) is 2.48. The van der Waals surface area contributed by atoms with Gasteiger partial charge in [-0.1, -0.05) is 0 Å². The molecule has 2 aromatic rings. The van der Waals surface area contributed by atoms with Gasteiger partial charge in [-0.2, -0.15) is 0 Å². The standard InChI is InChI=1S/C15H19N5/c1-10-8-14(17-9-16-10)20-6-4-5-13(20)15-18-11(2)7-12(3)19-15/h7-9,13H,4-6H2,1-3H3/t13-/m0/s1. The molecular weight excluding hydrogens is 250 g/mol. The average Bonchev–Trinajstić information content (AvgIpc) is 2.86. The van der Waals surface area contributed by atoms with E-state index in [1.54, 1.807) is 6.33 Å². The monoisotopic (exact) mass is 269 g/mol. The quantitative estimate of drug-likeness (QED) is 0.838. The van der Waals surface area contributed by atoms with Crippen LogP contribution >= 0.6 is 0 Å². The summed E-state index contributed by atoms with van der Waals surface area (Å²) in [7, 11) is 0. The molecule has 104 valence electrons. The number of anilines is 1. The largest absolute Gasteiger partial charge is 0.346 e. The second-order valence-electron chi connectivity index (χ2n) is 5.38. The number of aromatic nitrogens is 4. The molecule has 0 bridgehead atoms. The fraction of sp³-hybridized carbons (Fsp3) is 0.467. The van der Waals surface area contributed by atoms with Crippen LogP contribution in [0.3, 0.4) is 0 Å². The fourth-order valence-electron chi connectivity index (χ4n) is 2.81. The zero-order chi connectivity index (χ0) is 14.1. The van der Waals surface area contributed by atoms with E-state index in [4.69, 9.17) is 0 Å². The summed E-state index contributed by atoms with van der Waals surface area (Å²) in [4.78, 5) is 20.1. The highest BCUT2D eigenvalue weighted by molar-refractivity contribution is 5.42. The first-order valence-electron chi connectivity index (χ1n) is 7.01. The molecule has 1 fully saturated rings. The Balaban J connectivity index is 1.96. The van der Waals surface area contributed by atoms with Gasteiger partial charge in [-0.3, -0.25) is 0 Å². The van der Waals surface area contributed by atoms with Crippen LogP contribution in [0.25, 0.3) is 0 Å². The maximum atomic E-state index is 4.62. The normalized spacial score (nSPS) is 18.6. The highest BCUT2D eigenvalue weighted by Crippen LogP contribution is 2.33. The van der Waals surface area contributed by atoms with Crippen molar-refractivity contribution in [1.29, 1.82) is 0 Å². The Morgan fingerprint density at radius 3 is 2.45 bits per heavy atom.